The van der Waals surface area contributed by atoms with Crippen molar-refractivity contribution in [2.45, 2.75) is 6.54 Å². The summed E-state index contributed by atoms with van der Waals surface area (Å²) in [5.41, 5.74) is 1.65. The van der Waals surface area contributed by atoms with Crippen LogP contribution in [0.5, 0.6) is 11.5 Å². The van der Waals surface area contributed by atoms with Crippen molar-refractivity contribution in [2.75, 3.05) is 13.2 Å². The lowest BCUT2D eigenvalue weighted by Crippen LogP contribution is -2.27. The monoisotopic (exact) mass is 431 g/mol. The second-order valence-corrected chi connectivity index (χ2v) is 7.79. The Bertz CT molecular complexity index is 1080. The van der Waals surface area contributed by atoms with E-state index in [-0.39, 0.29) is 17.7 Å². The van der Waals surface area contributed by atoms with Gasteiger partial charge in [0, 0.05) is 5.56 Å². The van der Waals surface area contributed by atoms with Crippen LogP contribution in [-0.2, 0) is 11.3 Å². The van der Waals surface area contributed by atoms with E-state index >= 15 is 0 Å². The standard InChI is InChI=1S/C25H21NO4S/c27-24-23(31-25(28)26(24)18-19-9-3-1-4-10-19)17-20-11-7-8-14-22(20)30-16-15-29-21-12-5-2-6-13-21/h1-14,17H,15-16,18H2/b23-17+. The molecule has 0 unspecified atom stereocenters. The lowest BCUT2D eigenvalue weighted by Gasteiger charge is -2.12. The Hall–Kier alpha value is -3.51. The minimum absolute atomic E-state index is 0.262. The van der Waals surface area contributed by atoms with E-state index in [9.17, 15) is 9.59 Å². The molecule has 0 saturated carbocycles. The maximum absolute atomic E-state index is 12.8. The van der Waals surface area contributed by atoms with E-state index < -0.39 is 0 Å². The number of amides is 2. The van der Waals surface area contributed by atoms with Crippen LogP contribution in [0.15, 0.2) is 89.8 Å². The number of ether oxygens (including phenoxy) is 2. The molecule has 0 N–H and O–H groups in total. The van der Waals surface area contributed by atoms with Crippen LogP contribution in [0.1, 0.15) is 11.1 Å². The van der Waals surface area contributed by atoms with E-state index in [0.29, 0.717) is 23.9 Å². The first-order valence-electron chi connectivity index (χ1n) is 9.90. The molecule has 3 aromatic rings. The zero-order valence-electron chi connectivity index (χ0n) is 16.8. The molecule has 3 aromatic carbocycles. The van der Waals surface area contributed by atoms with E-state index in [0.717, 1.165) is 28.6 Å². The molecule has 0 atom stereocenters. The van der Waals surface area contributed by atoms with Gasteiger partial charge in [0.05, 0.1) is 11.4 Å². The molecule has 0 radical (unpaired) electrons. The summed E-state index contributed by atoms with van der Waals surface area (Å²) in [7, 11) is 0. The van der Waals surface area contributed by atoms with Gasteiger partial charge in [-0.05, 0) is 41.6 Å². The first-order valence-corrected chi connectivity index (χ1v) is 10.7. The number of benzene rings is 3. The Morgan fingerprint density at radius 1 is 0.774 bits per heavy atom. The van der Waals surface area contributed by atoms with Gasteiger partial charge in [0.25, 0.3) is 11.1 Å². The van der Waals surface area contributed by atoms with Gasteiger partial charge in [-0.3, -0.25) is 14.5 Å². The molecule has 156 valence electrons. The quantitative estimate of drug-likeness (QED) is 0.354. The summed E-state index contributed by atoms with van der Waals surface area (Å²) in [6.07, 6.45) is 1.71. The normalized spacial score (nSPS) is 14.8. The fourth-order valence-electron chi connectivity index (χ4n) is 3.10. The fraction of sp³-hybridized carbons (Fsp3) is 0.120. The molecule has 1 aliphatic heterocycles. The molecule has 0 aromatic heterocycles. The number of hydrogen-bond donors (Lipinski definition) is 0. The summed E-state index contributed by atoms with van der Waals surface area (Å²) in [6.45, 7) is 1.01. The van der Waals surface area contributed by atoms with Crippen LogP contribution in [-0.4, -0.2) is 29.3 Å². The molecule has 5 nitrogen and oxygen atoms in total. The van der Waals surface area contributed by atoms with Gasteiger partial charge in [-0.25, -0.2) is 0 Å². The van der Waals surface area contributed by atoms with Crippen molar-refractivity contribution in [1.29, 1.82) is 0 Å². The Morgan fingerprint density at radius 3 is 2.19 bits per heavy atom. The van der Waals surface area contributed by atoms with Crippen LogP contribution in [0, 0.1) is 0 Å². The highest BCUT2D eigenvalue weighted by molar-refractivity contribution is 8.18. The van der Waals surface area contributed by atoms with E-state index in [4.69, 9.17) is 9.47 Å². The number of rotatable bonds is 8. The van der Waals surface area contributed by atoms with Gasteiger partial charge >= 0.3 is 0 Å². The molecular weight excluding hydrogens is 410 g/mol. The van der Waals surface area contributed by atoms with Crippen LogP contribution >= 0.6 is 11.8 Å². The van der Waals surface area contributed by atoms with Crippen LogP contribution in [0.2, 0.25) is 0 Å². The smallest absolute Gasteiger partial charge is 0.293 e. The zero-order chi connectivity index (χ0) is 21.5. The molecular formula is C25H21NO4S. The third kappa shape index (κ3) is 5.35. The molecule has 1 heterocycles. The number of hydrogen-bond acceptors (Lipinski definition) is 5. The van der Waals surface area contributed by atoms with Crippen LogP contribution in [0.4, 0.5) is 4.79 Å². The lowest BCUT2D eigenvalue weighted by atomic mass is 10.1. The second kappa shape index (κ2) is 10.00. The van der Waals surface area contributed by atoms with E-state index in [1.807, 2.05) is 84.9 Å². The Balaban J connectivity index is 1.41. The number of thioether (sulfide) groups is 1. The number of nitrogens with zero attached hydrogens (tertiary/aromatic N) is 1. The number of carbonyl (C=O) groups is 2. The van der Waals surface area contributed by atoms with Crippen LogP contribution in [0.3, 0.4) is 0 Å². The molecule has 1 fully saturated rings. The van der Waals surface area contributed by atoms with Crippen LogP contribution < -0.4 is 9.47 Å². The molecule has 2 amide bonds. The number of imide groups is 1. The van der Waals surface area contributed by atoms with Gasteiger partial charge in [0.2, 0.25) is 0 Å². The third-order valence-corrected chi connectivity index (χ3v) is 5.52. The molecule has 0 aliphatic carbocycles. The largest absolute Gasteiger partial charge is 0.490 e. The summed E-state index contributed by atoms with van der Waals surface area (Å²) >= 11 is 0.948. The zero-order valence-corrected chi connectivity index (χ0v) is 17.6. The molecule has 1 aliphatic rings. The maximum atomic E-state index is 12.8. The van der Waals surface area contributed by atoms with Gasteiger partial charge in [-0.1, -0.05) is 66.7 Å². The molecule has 4 rings (SSSR count). The van der Waals surface area contributed by atoms with Crippen molar-refractivity contribution in [3.63, 3.8) is 0 Å². The van der Waals surface area contributed by atoms with Gasteiger partial charge in [0.1, 0.15) is 24.7 Å². The van der Waals surface area contributed by atoms with Crippen molar-refractivity contribution in [2.24, 2.45) is 0 Å². The molecule has 1 saturated heterocycles. The first kappa shape index (κ1) is 20.8. The average molecular weight is 432 g/mol. The predicted molar refractivity (Wildman–Crippen MR) is 122 cm³/mol. The SMILES string of the molecule is O=C1S/C(=C/c2ccccc2OCCOc2ccccc2)C(=O)N1Cc1ccccc1. The summed E-state index contributed by atoms with van der Waals surface area (Å²) in [5, 5.41) is -0.269. The summed E-state index contributed by atoms with van der Waals surface area (Å²) < 4.78 is 11.5. The average Bonchev–Trinajstić information content (AvgIpc) is 3.06. The fourth-order valence-corrected chi connectivity index (χ4v) is 3.93. The highest BCUT2D eigenvalue weighted by Crippen LogP contribution is 2.34. The predicted octanol–water partition coefficient (Wildman–Crippen LogP) is 5.38. The highest BCUT2D eigenvalue weighted by Gasteiger charge is 2.35. The van der Waals surface area contributed by atoms with Gasteiger partial charge in [0.15, 0.2) is 0 Å². The molecule has 6 heteroatoms. The number of carbonyl (C=O) groups excluding carboxylic acids is 2. The maximum Gasteiger partial charge on any atom is 0.293 e. The molecule has 0 bridgehead atoms. The van der Waals surface area contributed by atoms with Crippen molar-refractivity contribution in [3.8, 4) is 11.5 Å². The number of para-hydroxylation sites is 2. The van der Waals surface area contributed by atoms with Crippen molar-refractivity contribution in [1.82, 2.24) is 4.90 Å². The minimum Gasteiger partial charge on any atom is -0.490 e. The van der Waals surface area contributed by atoms with Crippen molar-refractivity contribution >= 4 is 29.0 Å². The Morgan fingerprint density at radius 2 is 1.42 bits per heavy atom. The summed E-state index contributed by atoms with van der Waals surface area (Å²) in [4.78, 5) is 26.9. The highest BCUT2D eigenvalue weighted by atomic mass is 32.2. The van der Waals surface area contributed by atoms with E-state index in [1.165, 1.54) is 4.90 Å². The lowest BCUT2D eigenvalue weighted by molar-refractivity contribution is -0.123. The third-order valence-electron chi connectivity index (χ3n) is 4.62. The van der Waals surface area contributed by atoms with Crippen molar-refractivity contribution < 1.29 is 19.1 Å². The summed E-state index contributed by atoms with van der Waals surface area (Å²) in [5.74, 6) is 1.13. The van der Waals surface area contributed by atoms with Crippen molar-refractivity contribution in [3.05, 3.63) is 101 Å². The Labute approximate surface area is 185 Å². The second-order valence-electron chi connectivity index (χ2n) is 6.80. The molecule has 0 spiro atoms. The van der Waals surface area contributed by atoms with Crippen LogP contribution in [0.25, 0.3) is 6.08 Å². The first-order chi connectivity index (χ1) is 15.2. The van der Waals surface area contributed by atoms with Gasteiger partial charge in [-0.2, -0.15) is 0 Å². The summed E-state index contributed by atoms with van der Waals surface area (Å²) in [6, 6.07) is 26.4. The molecule has 31 heavy (non-hydrogen) atoms. The van der Waals surface area contributed by atoms with E-state index in [2.05, 4.69) is 0 Å². The minimum atomic E-state index is -0.291. The van der Waals surface area contributed by atoms with Gasteiger partial charge < -0.3 is 9.47 Å². The topological polar surface area (TPSA) is 55.8 Å². The van der Waals surface area contributed by atoms with Gasteiger partial charge in [-0.15, -0.1) is 0 Å². The van der Waals surface area contributed by atoms with E-state index in [1.54, 1.807) is 6.08 Å². The Kier molecular flexibility index (Phi) is 6.69.